The topological polar surface area (TPSA) is 55.1 Å². The molecule has 1 heterocycles. The van der Waals surface area contributed by atoms with Gasteiger partial charge in [-0.3, -0.25) is 9.48 Å². The third-order valence-electron chi connectivity index (χ3n) is 1.77. The van der Waals surface area contributed by atoms with E-state index >= 15 is 0 Å². The van der Waals surface area contributed by atoms with Gasteiger partial charge < -0.3 is 5.11 Å². The van der Waals surface area contributed by atoms with Crippen LogP contribution in [0, 0.1) is 0 Å². The lowest BCUT2D eigenvalue weighted by atomic mass is 10.2. The summed E-state index contributed by atoms with van der Waals surface area (Å²) in [7, 11) is 0. The lowest BCUT2D eigenvalue weighted by molar-refractivity contribution is -0.137. The van der Waals surface area contributed by atoms with Crippen molar-refractivity contribution in [3.63, 3.8) is 0 Å². The Labute approximate surface area is 79.2 Å². The number of rotatable bonds is 4. The van der Waals surface area contributed by atoms with Crippen molar-refractivity contribution >= 4 is 5.97 Å². The first-order chi connectivity index (χ1) is 6.50. The second-order valence-corrected chi connectivity index (χ2v) is 2.97. The summed E-state index contributed by atoms with van der Waals surface area (Å²) in [5, 5.41) is 12.0. The van der Waals surface area contributed by atoms with Gasteiger partial charge in [0.2, 0.25) is 0 Å². The van der Waals surface area contributed by atoms with Crippen molar-refractivity contribution in [3.05, 3.63) is 18.0 Å². The Kier molecular flexibility index (Phi) is 3.16. The largest absolute Gasteiger partial charge is 0.481 e. The molecule has 0 amide bonds. The number of aliphatic carboxylic acids is 1. The molecule has 0 aliphatic rings. The molecule has 0 saturated carbocycles. The van der Waals surface area contributed by atoms with Crippen LogP contribution in [0.1, 0.15) is 31.5 Å². The summed E-state index contributed by atoms with van der Waals surface area (Å²) >= 11 is 0. The Balaban J connectivity index is 2.71. The summed E-state index contributed by atoms with van der Waals surface area (Å²) in [6, 6.07) is 0.767. The highest BCUT2D eigenvalue weighted by Crippen LogP contribution is 2.18. The van der Waals surface area contributed by atoms with Gasteiger partial charge in [0.05, 0.1) is 12.5 Å². The maximum atomic E-state index is 12.1. The number of nitrogens with zero attached hydrogens (tertiary/aromatic N) is 2. The molecular formula is C8H10F2N2O2. The van der Waals surface area contributed by atoms with Gasteiger partial charge in [0.25, 0.3) is 6.43 Å². The highest BCUT2D eigenvalue weighted by molar-refractivity contribution is 5.67. The van der Waals surface area contributed by atoms with Crippen molar-refractivity contribution in [3.8, 4) is 0 Å². The summed E-state index contributed by atoms with van der Waals surface area (Å²) in [6.45, 7) is 1.61. The Morgan fingerprint density at radius 2 is 2.36 bits per heavy atom. The lowest BCUT2D eigenvalue weighted by Crippen LogP contribution is -2.11. The van der Waals surface area contributed by atoms with E-state index in [-0.39, 0.29) is 12.1 Å². The molecule has 14 heavy (non-hydrogen) atoms. The van der Waals surface area contributed by atoms with Crippen LogP contribution in [0.25, 0.3) is 0 Å². The van der Waals surface area contributed by atoms with Gasteiger partial charge in [-0.1, -0.05) is 0 Å². The molecule has 1 aromatic rings. The molecule has 0 bridgehead atoms. The fraction of sp³-hybridized carbons (Fsp3) is 0.500. The normalized spacial score (nSPS) is 13.1. The van der Waals surface area contributed by atoms with Crippen LogP contribution >= 0.6 is 0 Å². The van der Waals surface area contributed by atoms with Gasteiger partial charge in [-0.2, -0.15) is 5.10 Å². The molecule has 1 atom stereocenters. The number of carbonyl (C=O) groups is 1. The number of carboxylic acid groups (broad SMARTS) is 1. The Bertz CT molecular complexity index is 325. The van der Waals surface area contributed by atoms with Crippen molar-refractivity contribution in [2.75, 3.05) is 0 Å². The maximum Gasteiger partial charge on any atom is 0.305 e. The summed E-state index contributed by atoms with van der Waals surface area (Å²) in [6.07, 6.45) is -1.40. The number of hydrogen-bond donors (Lipinski definition) is 1. The smallest absolute Gasteiger partial charge is 0.305 e. The van der Waals surface area contributed by atoms with Gasteiger partial charge in [-0.25, -0.2) is 8.78 Å². The van der Waals surface area contributed by atoms with Crippen molar-refractivity contribution in [2.45, 2.75) is 25.8 Å². The van der Waals surface area contributed by atoms with Crippen molar-refractivity contribution in [2.24, 2.45) is 0 Å². The van der Waals surface area contributed by atoms with Gasteiger partial charge in [0, 0.05) is 6.20 Å². The van der Waals surface area contributed by atoms with Crippen LogP contribution in [-0.4, -0.2) is 20.9 Å². The van der Waals surface area contributed by atoms with Crippen LogP contribution < -0.4 is 0 Å². The molecule has 0 aliphatic heterocycles. The Morgan fingerprint density at radius 1 is 1.71 bits per heavy atom. The minimum absolute atomic E-state index is 0.135. The molecule has 0 radical (unpaired) electrons. The molecule has 0 aromatic carbocycles. The molecule has 0 spiro atoms. The molecule has 0 saturated heterocycles. The van der Waals surface area contributed by atoms with E-state index in [2.05, 4.69) is 5.10 Å². The fourth-order valence-electron chi connectivity index (χ4n) is 1.06. The molecule has 6 heteroatoms. The minimum Gasteiger partial charge on any atom is -0.481 e. The molecule has 1 rings (SSSR count). The molecule has 1 N–H and O–H groups in total. The summed E-state index contributed by atoms with van der Waals surface area (Å²) in [4.78, 5) is 10.3. The van der Waals surface area contributed by atoms with Crippen LogP contribution in [0.5, 0.6) is 0 Å². The van der Waals surface area contributed by atoms with E-state index in [9.17, 15) is 13.6 Å². The maximum absolute atomic E-state index is 12.1. The second-order valence-electron chi connectivity index (χ2n) is 2.97. The number of aromatic nitrogens is 2. The zero-order valence-corrected chi connectivity index (χ0v) is 7.52. The fourth-order valence-corrected chi connectivity index (χ4v) is 1.06. The zero-order chi connectivity index (χ0) is 10.7. The zero-order valence-electron chi connectivity index (χ0n) is 7.52. The third-order valence-corrected chi connectivity index (χ3v) is 1.77. The highest BCUT2D eigenvalue weighted by Gasteiger charge is 2.14. The van der Waals surface area contributed by atoms with Crippen molar-refractivity contribution in [1.82, 2.24) is 9.78 Å². The Hall–Kier alpha value is -1.46. The van der Waals surface area contributed by atoms with Crippen LogP contribution in [-0.2, 0) is 4.79 Å². The number of carboxylic acids is 1. The standard InChI is InChI=1S/C8H10F2N2O2/c1-5(4-7(13)14)12-3-2-6(11-12)8(9)10/h2-3,5,8H,4H2,1H3,(H,13,14)/t5-/m0/s1. The van der Waals surface area contributed by atoms with E-state index in [1.165, 1.54) is 16.9 Å². The van der Waals surface area contributed by atoms with Gasteiger partial charge >= 0.3 is 5.97 Å². The minimum atomic E-state index is -2.62. The molecule has 78 valence electrons. The molecular weight excluding hydrogens is 194 g/mol. The quantitative estimate of drug-likeness (QED) is 0.814. The van der Waals surface area contributed by atoms with Gasteiger partial charge in [0.15, 0.2) is 0 Å². The van der Waals surface area contributed by atoms with E-state index in [1.807, 2.05) is 0 Å². The average Bonchev–Trinajstić information content (AvgIpc) is 2.50. The summed E-state index contributed by atoms with van der Waals surface area (Å²) in [5.74, 6) is -0.980. The van der Waals surface area contributed by atoms with E-state index in [0.717, 1.165) is 0 Å². The Morgan fingerprint density at radius 3 is 2.79 bits per heavy atom. The van der Waals surface area contributed by atoms with Crippen molar-refractivity contribution < 1.29 is 18.7 Å². The van der Waals surface area contributed by atoms with E-state index in [1.54, 1.807) is 6.92 Å². The van der Waals surface area contributed by atoms with Gasteiger partial charge in [0.1, 0.15) is 5.69 Å². The highest BCUT2D eigenvalue weighted by atomic mass is 19.3. The number of alkyl halides is 2. The monoisotopic (exact) mass is 204 g/mol. The van der Waals surface area contributed by atoms with Gasteiger partial charge in [-0.15, -0.1) is 0 Å². The van der Waals surface area contributed by atoms with E-state index in [4.69, 9.17) is 5.11 Å². The summed E-state index contributed by atoms with van der Waals surface area (Å²) in [5.41, 5.74) is -0.331. The summed E-state index contributed by atoms with van der Waals surface area (Å²) < 4.78 is 25.5. The molecule has 4 nitrogen and oxygen atoms in total. The van der Waals surface area contributed by atoms with Crippen LogP contribution in [0.15, 0.2) is 12.3 Å². The third kappa shape index (κ3) is 2.51. The predicted molar refractivity (Wildman–Crippen MR) is 44.1 cm³/mol. The lowest BCUT2D eigenvalue weighted by Gasteiger charge is -2.08. The molecule has 0 unspecified atom stereocenters. The molecule has 1 aromatic heterocycles. The first kappa shape index (κ1) is 10.6. The van der Waals surface area contributed by atoms with Crippen molar-refractivity contribution in [1.29, 1.82) is 0 Å². The van der Waals surface area contributed by atoms with Crippen LogP contribution in [0.4, 0.5) is 8.78 Å². The van der Waals surface area contributed by atoms with E-state index < -0.39 is 18.4 Å². The molecule has 0 fully saturated rings. The molecule has 0 aliphatic carbocycles. The predicted octanol–water partition coefficient (Wildman–Crippen LogP) is 1.86. The van der Waals surface area contributed by atoms with Crippen LogP contribution in [0.3, 0.4) is 0 Å². The first-order valence-electron chi connectivity index (χ1n) is 4.05. The number of halogens is 2. The van der Waals surface area contributed by atoms with E-state index in [0.29, 0.717) is 0 Å². The SMILES string of the molecule is C[C@@H](CC(=O)O)n1ccc(C(F)F)n1. The van der Waals surface area contributed by atoms with Gasteiger partial charge in [-0.05, 0) is 13.0 Å². The second kappa shape index (κ2) is 4.17. The number of hydrogen-bond acceptors (Lipinski definition) is 2. The average molecular weight is 204 g/mol. The van der Waals surface area contributed by atoms with Crippen LogP contribution in [0.2, 0.25) is 0 Å². The first-order valence-corrected chi connectivity index (χ1v) is 4.05.